The van der Waals surface area contributed by atoms with Gasteiger partial charge in [0.05, 0.1) is 13.1 Å². The third kappa shape index (κ3) is 4.92. The number of hydrogen-bond donors (Lipinski definition) is 1. The Bertz CT molecular complexity index is 323. The highest BCUT2D eigenvalue weighted by atomic mass is 19.4. The third-order valence-corrected chi connectivity index (χ3v) is 3.70. The van der Waals surface area contributed by atoms with Crippen LogP contribution in [0.1, 0.15) is 0 Å². The van der Waals surface area contributed by atoms with Crippen molar-refractivity contribution < 1.29 is 18.0 Å². The Labute approximate surface area is 116 Å². The molecule has 0 bridgehead atoms. The minimum atomic E-state index is -4.16. The van der Waals surface area contributed by atoms with E-state index in [1.165, 1.54) is 4.90 Å². The number of carbonyl (C=O) groups excluding carboxylic acids is 1. The van der Waals surface area contributed by atoms with E-state index in [9.17, 15) is 18.0 Å². The summed E-state index contributed by atoms with van der Waals surface area (Å²) in [5, 5.41) is 3.22. The number of alkyl halides is 3. The van der Waals surface area contributed by atoms with Crippen LogP contribution >= 0.6 is 0 Å². The lowest BCUT2D eigenvalue weighted by atomic mass is 10.3. The van der Waals surface area contributed by atoms with Gasteiger partial charge < -0.3 is 10.2 Å². The molecule has 2 saturated heterocycles. The van der Waals surface area contributed by atoms with Crippen LogP contribution in [0.4, 0.5) is 13.2 Å². The molecule has 20 heavy (non-hydrogen) atoms. The van der Waals surface area contributed by atoms with Crippen LogP contribution in [0.3, 0.4) is 0 Å². The van der Waals surface area contributed by atoms with Crippen molar-refractivity contribution in [2.45, 2.75) is 6.18 Å². The molecule has 0 atom stereocenters. The van der Waals surface area contributed by atoms with Gasteiger partial charge in [0.25, 0.3) is 0 Å². The quantitative estimate of drug-likeness (QED) is 0.769. The van der Waals surface area contributed by atoms with Crippen molar-refractivity contribution in [2.24, 2.45) is 0 Å². The Kier molecular flexibility index (Phi) is 5.22. The van der Waals surface area contributed by atoms with Crippen molar-refractivity contribution in [3.8, 4) is 0 Å². The molecule has 8 heteroatoms. The number of carbonyl (C=O) groups is 1. The summed E-state index contributed by atoms with van der Waals surface area (Å²) in [6, 6.07) is 0. The van der Waals surface area contributed by atoms with Gasteiger partial charge in [-0.2, -0.15) is 13.2 Å². The van der Waals surface area contributed by atoms with Gasteiger partial charge in [-0.3, -0.25) is 14.6 Å². The molecule has 2 rings (SSSR count). The maximum atomic E-state index is 12.3. The molecule has 0 aliphatic carbocycles. The van der Waals surface area contributed by atoms with E-state index in [0.29, 0.717) is 32.7 Å². The molecule has 116 valence electrons. The fraction of sp³-hybridized carbons (Fsp3) is 0.917. The largest absolute Gasteiger partial charge is 0.401 e. The van der Waals surface area contributed by atoms with Crippen molar-refractivity contribution in [1.29, 1.82) is 0 Å². The second kappa shape index (κ2) is 6.73. The summed E-state index contributed by atoms with van der Waals surface area (Å²) in [6.07, 6.45) is -4.16. The van der Waals surface area contributed by atoms with Crippen LogP contribution in [0.25, 0.3) is 0 Å². The van der Waals surface area contributed by atoms with Gasteiger partial charge in [0.15, 0.2) is 0 Å². The van der Waals surface area contributed by atoms with Gasteiger partial charge in [-0.25, -0.2) is 0 Å². The molecule has 0 aromatic heterocycles. The minimum absolute atomic E-state index is 0.0264. The first-order chi connectivity index (χ1) is 9.44. The van der Waals surface area contributed by atoms with E-state index in [4.69, 9.17) is 0 Å². The molecular formula is C12H21F3N4O. The highest BCUT2D eigenvalue weighted by Crippen LogP contribution is 2.17. The molecule has 1 amide bonds. The summed E-state index contributed by atoms with van der Waals surface area (Å²) in [6.45, 7) is 4.33. The molecule has 0 saturated carbocycles. The van der Waals surface area contributed by atoms with Gasteiger partial charge in [0, 0.05) is 52.4 Å². The zero-order chi connectivity index (χ0) is 14.6. The standard InChI is InChI=1S/C12H21F3N4O/c13-12(14,15)10-18-5-7-19(8-6-18)11(20)9-17-3-1-16-2-4-17/h16H,1-10H2. The van der Waals surface area contributed by atoms with Crippen molar-refractivity contribution in [3.05, 3.63) is 0 Å². The number of amides is 1. The lowest BCUT2D eigenvalue weighted by Crippen LogP contribution is -2.54. The van der Waals surface area contributed by atoms with Crippen LogP contribution in [-0.2, 0) is 4.79 Å². The normalized spacial score (nSPS) is 23.1. The van der Waals surface area contributed by atoms with Gasteiger partial charge >= 0.3 is 6.18 Å². The monoisotopic (exact) mass is 294 g/mol. The SMILES string of the molecule is O=C(CN1CCNCC1)N1CCN(CC(F)(F)F)CC1. The first kappa shape index (κ1) is 15.5. The summed E-state index contributed by atoms with van der Waals surface area (Å²) in [5.41, 5.74) is 0. The smallest absolute Gasteiger partial charge is 0.339 e. The molecule has 2 aliphatic heterocycles. The van der Waals surface area contributed by atoms with E-state index >= 15 is 0 Å². The Morgan fingerprint density at radius 2 is 1.55 bits per heavy atom. The van der Waals surface area contributed by atoms with E-state index in [0.717, 1.165) is 26.2 Å². The number of halogens is 3. The predicted molar refractivity (Wildman–Crippen MR) is 68.4 cm³/mol. The molecular weight excluding hydrogens is 273 g/mol. The zero-order valence-corrected chi connectivity index (χ0v) is 11.5. The van der Waals surface area contributed by atoms with E-state index < -0.39 is 12.7 Å². The fourth-order valence-corrected chi connectivity index (χ4v) is 2.57. The molecule has 0 aromatic rings. The zero-order valence-electron chi connectivity index (χ0n) is 11.5. The molecule has 2 heterocycles. The number of piperazine rings is 2. The number of nitrogens with one attached hydrogen (secondary N) is 1. The average Bonchev–Trinajstić information content (AvgIpc) is 2.39. The summed E-state index contributed by atoms with van der Waals surface area (Å²) in [5.74, 6) is 0.0264. The van der Waals surface area contributed by atoms with Gasteiger partial charge in [-0.15, -0.1) is 0 Å². The highest BCUT2D eigenvalue weighted by Gasteiger charge is 2.33. The van der Waals surface area contributed by atoms with Crippen LogP contribution < -0.4 is 5.32 Å². The molecule has 0 radical (unpaired) electrons. The number of rotatable bonds is 3. The van der Waals surface area contributed by atoms with Gasteiger partial charge in [-0.1, -0.05) is 0 Å². The molecule has 0 unspecified atom stereocenters. The maximum absolute atomic E-state index is 12.3. The van der Waals surface area contributed by atoms with Crippen LogP contribution in [0.2, 0.25) is 0 Å². The van der Waals surface area contributed by atoms with Crippen molar-refractivity contribution in [2.75, 3.05) is 65.4 Å². The Morgan fingerprint density at radius 1 is 0.950 bits per heavy atom. The van der Waals surface area contributed by atoms with Gasteiger partial charge in [0.1, 0.15) is 0 Å². The number of hydrogen-bond acceptors (Lipinski definition) is 4. The second-order valence-corrected chi connectivity index (χ2v) is 5.30. The summed E-state index contributed by atoms with van der Waals surface area (Å²) < 4.78 is 36.8. The Morgan fingerprint density at radius 3 is 2.10 bits per heavy atom. The molecule has 2 aliphatic rings. The average molecular weight is 294 g/mol. The molecule has 2 fully saturated rings. The number of nitrogens with zero attached hydrogens (tertiary/aromatic N) is 3. The summed E-state index contributed by atoms with van der Waals surface area (Å²) >= 11 is 0. The minimum Gasteiger partial charge on any atom is -0.339 e. The van der Waals surface area contributed by atoms with E-state index in [1.807, 2.05) is 0 Å². The fourth-order valence-electron chi connectivity index (χ4n) is 2.57. The first-order valence-electron chi connectivity index (χ1n) is 6.94. The van der Waals surface area contributed by atoms with Crippen LogP contribution in [-0.4, -0.2) is 92.2 Å². The second-order valence-electron chi connectivity index (χ2n) is 5.30. The predicted octanol–water partition coefficient (Wildman–Crippen LogP) is -0.402. The van der Waals surface area contributed by atoms with Crippen LogP contribution in [0.15, 0.2) is 0 Å². The third-order valence-electron chi connectivity index (χ3n) is 3.70. The maximum Gasteiger partial charge on any atom is 0.401 e. The molecule has 5 nitrogen and oxygen atoms in total. The van der Waals surface area contributed by atoms with Crippen LogP contribution in [0.5, 0.6) is 0 Å². The molecule has 0 aromatic carbocycles. The summed E-state index contributed by atoms with van der Waals surface area (Å²) in [7, 11) is 0. The highest BCUT2D eigenvalue weighted by molar-refractivity contribution is 5.78. The molecule has 0 spiro atoms. The Hall–Kier alpha value is -0.860. The van der Waals surface area contributed by atoms with Gasteiger partial charge in [0.2, 0.25) is 5.91 Å². The van der Waals surface area contributed by atoms with E-state index in [2.05, 4.69) is 10.2 Å². The van der Waals surface area contributed by atoms with Gasteiger partial charge in [-0.05, 0) is 0 Å². The summed E-state index contributed by atoms with van der Waals surface area (Å²) in [4.78, 5) is 17.2. The lowest BCUT2D eigenvalue weighted by molar-refractivity contribution is -0.152. The van der Waals surface area contributed by atoms with Crippen molar-refractivity contribution >= 4 is 5.91 Å². The van der Waals surface area contributed by atoms with E-state index in [-0.39, 0.29) is 5.91 Å². The molecule has 1 N–H and O–H groups in total. The van der Waals surface area contributed by atoms with E-state index in [1.54, 1.807) is 4.90 Å². The van der Waals surface area contributed by atoms with Crippen LogP contribution in [0, 0.1) is 0 Å². The van der Waals surface area contributed by atoms with Crippen molar-refractivity contribution in [1.82, 2.24) is 20.0 Å². The lowest BCUT2D eigenvalue weighted by Gasteiger charge is -2.36. The topological polar surface area (TPSA) is 38.8 Å². The first-order valence-corrected chi connectivity index (χ1v) is 6.94. The van der Waals surface area contributed by atoms with Crippen molar-refractivity contribution in [3.63, 3.8) is 0 Å². The Balaban J connectivity index is 1.71.